The van der Waals surface area contributed by atoms with Gasteiger partial charge in [-0.1, -0.05) is 116 Å². The Morgan fingerprint density at radius 3 is 1.23 bits per heavy atom. The van der Waals surface area contributed by atoms with Crippen LogP contribution >= 0.6 is 0 Å². The fourth-order valence-corrected chi connectivity index (χ4v) is 7.60. The van der Waals surface area contributed by atoms with Crippen molar-refractivity contribution < 1.29 is 68.1 Å². The fourth-order valence-electron chi connectivity index (χ4n) is 7.60. The summed E-state index contributed by atoms with van der Waals surface area (Å²) in [5.41, 5.74) is 12.9. The molecule has 2 rings (SSSR count). The predicted octanol–water partition coefficient (Wildman–Crippen LogP) is -1.49. The lowest BCUT2D eigenvalue weighted by atomic mass is 9.99. The number of hydrogen-bond donors (Lipinski definition) is 13. The number of hydrogen-bond acceptors (Lipinski definition) is 13. The smallest absolute Gasteiger partial charge is 0.326 e. The molecule has 0 saturated heterocycles. The van der Waals surface area contributed by atoms with Gasteiger partial charge in [0, 0.05) is 6.42 Å². The minimum absolute atomic E-state index is 0.0282. The van der Waals surface area contributed by atoms with Crippen LogP contribution in [0.15, 0.2) is 60.7 Å². The quantitative estimate of drug-likeness (QED) is 0.0397. The first-order valence-corrected chi connectivity index (χ1v) is 24.7. The van der Waals surface area contributed by atoms with Crippen molar-refractivity contribution in [1.29, 1.82) is 0 Å². The molecule has 24 nitrogen and oxygen atoms in total. The summed E-state index contributed by atoms with van der Waals surface area (Å²) in [5, 5.41) is 49.1. The van der Waals surface area contributed by atoms with E-state index < -0.39 is 151 Å². The van der Waals surface area contributed by atoms with E-state index in [2.05, 4.69) is 42.5 Å². The summed E-state index contributed by atoms with van der Waals surface area (Å²) in [5.74, 6) is -13.3. The summed E-state index contributed by atoms with van der Waals surface area (Å²) in [7, 11) is 0. The van der Waals surface area contributed by atoms with Crippen molar-refractivity contribution in [1.82, 2.24) is 42.5 Å². The molecule has 0 bridgehead atoms. The van der Waals surface area contributed by atoms with Crippen LogP contribution in [0, 0.1) is 23.7 Å². The number of benzene rings is 2. The molecule has 0 radical (unpaired) electrons. The first-order chi connectivity index (χ1) is 35.1. The lowest BCUT2D eigenvalue weighted by Crippen LogP contribution is -2.62. The van der Waals surface area contributed by atoms with Crippen molar-refractivity contribution in [2.24, 2.45) is 35.1 Å². The molecule has 0 aliphatic carbocycles. The van der Waals surface area contributed by atoms with Crippen LogP contribution in [0.25, 0.3) is 0 Å². The van der Waals surface area contributed by atoms with Gasteiger partial charge in [0.25, 0.3) is 0 Å². The highest BCUT2D eigenvalue weighted by Crippen LogP contribution is 2.13. The SMILES string of the molecule is CC(C)CC(NC(=O)C(N)Cc1ccccc1)C(=O)NC(CC(=O)O)C(=O)NC(CO)C(=O)NC(C(=O)NC(Cc1ccccc1)C(=O)NC(CC(N)=O)C(=O)NC(CC(C)C)C(=O)NC(C(=O)O)C(C)C)C(C)C. The van der Waals surface area contributed by atoms with Crippen LogP contribution in [-0.4, -0.2) is 141 Å². The van der Waals surface area contributed by atoms with Gasteiger partial charge in [0.2, 0.25) is 53.2 Å². The van der Waals surface area contributed by atoms with Crippen LogP contribution in [0.5, 0.6) is 0 Å². The van der Waals surface area contributed by atoms with Gasteiger partial charge in [-0.05, 0) is 54.1 Å². The number of nitrogens with one attached hydrogen (secondary N) is 8. The molecule has 2 aromatic carbocycles. The van der Waals surface area contributed by atoms with Gasteiger partial charge in [-0.25, -0.2) is 4.79 Å². The fraction of sp³-hybridized carbons (Fsp3) is 0.549. The van der Waals surface area contributed by atoms with Gasteiger partial charge in [-0.2, -0.15) is 0 Å². The molecule has 0 heterocycles. The maximum absolute atomic E-state index is 14.2. The van der Waals surface area contributed by atoms with Gasteiger partial charge in [-0.3, -0.25) is 47.9 Å². The molecule has 0 spiro atoms. The van der Waals surface area contributed by atoms with Crippen molar-refractivity contribution in [3.63, 3.8) is 0 Å². The molecule has 0 aromatic heterocycles. The summed E-state index contributed by atoms with van der Waals surface area (Å²) in [4.78, 5) is 146. The minimum atomic E-state index is -1.84. The molecule has 75 heavy (non-hydrogen) atoms. The molecule has 414 valence electrons. The largest absolute Gasteiger partial charge is 0.481 e. The molecule has 0 aliphatic heterocycles. The number of rotatable bonds is 32. The highest BCUT2D eigenvalue weighted by Gasteiger charge is 2.37. The van der Waals surface area contributed by atoms with E-state index in [1.807, 2.05) is 0 Å². The molecule has 9 amide bonds. The van der Waals surface area contributed by atoms with Gasteiger partial charge in [0.05, 0.1) is 25.5 Å². The maximum atomic E-state index is 14.2. The monoisotopic (exact) mass is 1050 g/mol. The summed E-state index contributed by atoms with van der Waals surface area (Å²) in [6, 6.07) is 3.81. The predicted molar refractivity (Wildman–Crippen MR) is 273 cm³/mol. The van der Waals surface area contributed by atoms with E-state index in [-0.39, 0.29) is 37.5 Å². The molecule has 2 aromatic rings. The van der Waals surface area contributed by atoms with Crippen molar-refractivity contribution in [3.05, 3.63) is 71.8 Å². The molecule has 0 saturated carbocycles. The summed E-state index contributed by atoms with van der Waals surface area (Å²) >= 11 is 0. The molecule has 24 heteroatoms. The highest BCUT2D eigenvalue weighted by atomic mass is 16.4. The number of primary amides is 1. The van der Waals surface area contributed by atoms with E-state index in [9.17, 15) is 68.1 Å². The number of aliphatic carboxylic acids is 2. The van der Waals surface area contributed by atoms with Crippen LogP contribution in [0.4, 0.5) is 0 Å². The second-order valence-corrected chi connectivity index (χ2v) is 19.9. The average molecular weight is 1050 g/mol. The summed E-state index contributed by atoms with van der Waals surface area (Å²) < 4.78 is 0. The Morgan fingerprint density at radius 2 is 0.800 bits per heavy atom. The average Bonchev–Trinajstić information content (AvgIpc) is 3.32. The lowest BCUT2D eigenvalue weighted by molar-refractivity contribution is -0.144. The molecule has 15 N–H and O–H groups in total. The lowest BCUT2D eigenvalue weighted by Gasteiger charge is -2.29. The number of nitrogens with two attached hydrogens (primary N) is 2. The first kappa shape index (κ1) is 63.6. The van der Waals surface area contributed by atoms with Gasteiger partial charge in [0.15, 0.2) is 0 Å². The Hall–Kier alpha value is -7.47. The Kier molecular flexibility index (Phi) is 26.6. The third-order valence-corrected chi connectivity index (χ3v) is 11.6. The Labute approximate surface area is 436 Å². The van der Waals surface area contributed by atoms with Crippen molar-refractivity contribution >= 4 is 65.1 Å². The van der Waals surface area contributed by atoms with Crippen LogP contribution in [0.1, 0.15) is 92.2 Å². The molecule has 0 aliphatic rings. The van der Waals surface area contributed by atoms with E-state index in [4.69, 9.17) is 11.5 Å². The minimum Gasteiger partial charge on any atom is -0.481 e. The van der Waals surface area contributed by atoms with Gasteiger partial charge >= 0.3 is 11.9 Å². The second kappa shape index (κ2) is 31.3. The number of amides is 9. The summed E-state index contributed by atoms with van der Waals surface area (Å²) in [6.45, 7) is 12.1. The zero-order valence-corrected chi connectivity index (χ0v) is 43.7. The Balaban J connectivity index is 2.36. The van der Waals surface area contributed by atoms with Crippen LogP contribution in [0.3, 0.4) is 0 Å². The molecule has 9 unspecified atom stereocenters. The maximum Gasteiger partial charge on any atom is 0.326 e. The standard InChI is InChI=1S/C51H76N10O14/c1-26(2)19-33(54-43(66)32(52)21-30-15-11-9-12-16-30)44(67)57-37(24-40(64)65)47(70)59-38(25-62)49(72)60-41(28(5)6)50(73)58-35(22-31-17-13-10-14-18-31)45(68)56-36(23-39(53)63)46(69)55-34(20-27(3)4)48(71)61-42(29(7)8)51(74)75/h9-18,26-29,32-38,41-42,62H,19-25,52H2,1-8H3,(H2,53,63)(H,54,66)(H,55,69)(H,56,68)(H,57,67)(H,58,73)(H,59,70)(H,60,72)(H,61,71)(H,64,65)(H,74,75). The second-order valence-electron chi connectivity index (χ2n) is 19.9. The highest BCUT2D eigenvalue weighted by molar-refractivity contribution is 5.99. The van der Waals surface area contributed by atoms with Crippen molar-refractivity contribution in [2.75, 3.05) is 6.61 Å². The van der Waals surface area contributed by atoms with Crippen LogP contribution < -0.4 is 54.0 Å². The van der Waals surface area contributed by atoms with E-state index in [0.717, 1.165) is 5.56 Å². The van der Waals surface area contributed by atoms with Crippen molar-refractivity contribution in [2.45, 2.75) is 148 Å². The summed E-state index contributed by atoms with van der Waals surface area (Å²) in [6.07, 6.45) is -1.73. The number of carboxylic acid groups (broad SMARTS) is 2. The third kappa shape index (κ3) is 22.7. The first-order valence-electron chi connectivity index (χ1n) is 24.7. The van der Waals surface area contributed by atoms with E-state index >= 15 is 0 Å². The molecule has 0 fully saturated rings. The number of aliphatic hydroxyl groups excluding tert-OH is 1. The van der Waals surface area contributed by atoms with Gasteiger partial charge < -0.3 is 69.3 Å². The number of aliphatic hydroxyl groups is 1. The van der Waals surface area contributed by atoms with E-state index in [1.165, 1.54) is 13.8 Å². The zero-order chi connectivity index (χ0) is 56.7. The molecular weight excluding hydrogens is 977 g/mol. The van der Waals surface area contributed by atoms with Crippen LogP contribution in [-0.2, 0) is 65.6 Å². The van der Waals surface area contributed by atoms with Gasteiger partial charge in [0.1, 0.15) is 48.3 Å². The number of carbonyl (C=O) groups is 11. The third-order valence-electron chi connectivity index (χ3n) is 11.6. The topological polar surface area (TPSA) is 397 Å². The molecular formula is C51H76N10O14. The molecule has 9 atom stereocenters. The number of carboxylic acids is 2. The van der Waals surface area contributed by atoms with E-state index in [0.29, 0.717) is 5.56 Å². The van der Waals surface area contributed by atoms with E-state index in [1.54, 1.807) is 102 Å². The normalized spacial score (nSPS) is 14.9. The Bertz CT molecular complexity index is 2280. The number of carbonyl (C=O) groups excluding carboxylic acids is 9. The Morgan fingerprint density at radius 1 is 0.440 bits per heavy atom. The zero-order valence-electron chi connectivity index (χ0n) is 43.7. The van der Waals surface area contributed by atoms with Crippen molar-refractivity contribution in [3.8, 4) is 0 Å². The van der Waals surface area contributed by atoms with Crippen LogP contribution in [0.2, 0.25) is 0 Å². The van der Waals surface area contributed by atoms with Gasteiger partial charge in [-0.15, -0.1) is 0 Å².